The SMILES string of the molecule is CCCCCCCCCCCC(=O)NC1=CC(=O)C2OC2C1=O. The molecule has 2 aliphatic rings. The van der Waals surface area contributed by atoms with Gasteiger partial charge in [0.1, 0.15) is 0 Å². The molecule has 1 fully saturated rings. The Hall–Kier alpha value is -1.49. The number of nitrogens with one attached hydrogen (secondary N) is 1. The first kappa shape index (κ1) is 17.9. The highest BCUT2D eigenvalue weighted by Gasteiger charge is 2.53. The van der Waals surface area contributed by atoms with E-state index in [0.717, 1.165) is 19.3 Å². The van der Waals surface area contributed by atoms with Crippen molar-refractivity contribution in [2.75, 3.05) is 0 Å². The summed E-state index contributed by atoms with van der Waals surface area (Å²) in [6.07, 6.45) is 11.1. The molecular weight excluding hydrogens is 294 g/mol. The van der Waals surface area contributed by atoms with E-state index in [9.17, 15) is 14.4 Å². The number of amides is 1. The number of hydrogen-bond acceptors (Lipinski definition) is 4. The zero-order valence-corrected chi connectivity index (χ0v) is 13.9. The Bertz CT molecular complexity index is 483. The quantitative estimate of drug-likeness (QED) is 0.469. The summed E-state index contributed by atoms with van der Waals surface area (Å²) in [5, 5.41) is 2.55. The second-order valence-electron chi connectivity index (χ2n) is 6.43. The van der Waals surface area contributed by atoms with E-state index in [1.54, 1.807) is 0 Å². The summed E-state index contributed by atoms with van der Waals surface area (Å²) in [4.78, 5) is 35.1. The van der Waals surface area contributed by atoms with Gasteiger partial charge in [0.15, 0.2) is 18.0 Å². The van der Waals surface area contributed by atoms with Crippen molar-refractivity contribution >= 4 is 17.5 Å². The van der Waals surface area contributed by atoms with Crippen LogP contribution in [0.4, 0.5) is 0 Å². The molecule has 0 aromatic heterocycles. The number of fused-ring (bicyclic) bond motifs is 1. The molecule has 0 bridgehead atoms. The third-order valence-electron chi connectivity index (χ3n) is 4.36. The molecule has 5 nitrogen and oxygen atoms in total. The van der Waals surface area contributed by atoms with Gasteiger partial charge in [-0.1, -0.05) is 58.3 Å². The average Bonchev–Trinajstić information content (AvgIpc) is 3.32. The number of rotatable bonds is 11. The third kappa shape index (κ3) is 5.57. The minimum atomic E-state index is -0.657. The Morgan fingerprint density at radius 2 is 1.61 bits per heavy atom. The van der Waals surface area contributed by atoms with Crippen molar-refractivity contribution in [2.24, 2.45) is 0 Å². The number of hydrogen-bond donors (Lipinski definition) is 1. The van der Waals surface area contributed by atoms with Crippen molar-refractivity contribution in [1.29, 1.82) is 0 Å². The van der Waals surface area contributed by atoms with Gasteiger partial charge < -0.3 is 10.1 Å². The molecule has 0 spiro atoms. The standard InChI is InChI=1S/C18H27NO4/c1-2-3-4-5-6-7-8-9-10-11-15(21)19-13-12-14(20)17-18(23-17)16(13)22/h12,17-18H,2-11H2,1H3,(H,19,21). The topological polar surface area (TPSA) is 75.8 Å². The Balaban J connectivity index is 1.52. The highest BCUT2D eigenvalue weighted by molar-refractivity contribution is 6.16. The van der Waals surface area contributed by atoms with E-state index >= 15 is 0 Å². The van der Waals surface area contributed by atoms with Crippen molar-refractivity contribution in [3.8, 4) is 0 Å². The van der Waals surface area contributed by atoms with Gasteiger partial charge in [0, 0.05) is 12.5 Å². The summed E-state index contributed by atoms with van der Waals surface area (Å²) in [6.45, 7) is 2.22. The zero-order valence-electron chi connectivity index (χ0n) is 13.9. The molecule has 1 N–H and O–H groups in total. The van der Waals surface area contributed by atoms with Gasteiger partial charge >= 0.3 is 0 Å². The summed E-state index contributed by atoms with van der Waals surface area (Å²) in [7, 11) is 0. The van der Waals surface area contributed by atoms with Crippen molar-refractivity contribution in [1.82, 2.24) is 5.32 Å². The molecule has 23 heavy (non-hydrogen) atoms. The van der Waals surface area contributed by atoms with E-state index in [4.69, 9.17) is 4.74 Å². The summed E-state index contributed by atoms with van der Waals surface area (Å²) >= 11 is 0. The Kier molecular flexibility index (Phi) is 6.96. The molecule has 2 atom stereocenters. The van der Waals surface area contributed by atoms with Crippen LogP contribution in [-0.2, 0) is 19.1 Å². The van der Waals surface area contributed by atoms with E-state index in [-0.39, 0.29) is 23.2 Å². The molecule has 2 unspecified atom stereocenters. The van der Waals surface area contributed by atoms with E-state index < -0.39 is 12.2 Å². The van der Waals surface area contributed by atoms with Gasteiger partial charge in [0.2, 0.25) is 11.7 Å². The fraction of sp³-hybridized carbons (Fsp3) is 0.722. The van der Waals surface area contributed by atoms with Gasteiger partial charge in [-0.2, -0.15) is 0 Å². The Morgan fingerprint density at radius 1 is 1.00 bits per heavy atom. The average molecular weight is 321 g/mol. The summed E-state index contributed by atoms with van der Waals surface area (Å²) < 4.78 is 4.97. The molecule has 1 aliphatic heterocycles. The monoisotopic (exact) mass is 321 g/mol. The molecule has 5 heteroatoms. The molecule has 1 amide bonds. The van der Waals surface area contributed by atoms with Crippen LogP contribution in [0, 0.1) is 0 Å². The fourth-order valence-electron chi connectivity index (χ4n) is 2.88. The first-order valence-electron chi connectivity index (χ1n) is 8.88. The van der Waals surface area contributed by atoms with Crippen molar-refractivity contribution in [2.45, 2.75) is 83.3 Å². The Morgan fingerprint density at radius 3 is 2.26 bits per heavy atom. The molecule has 1 aliphatic carbocycles. The lowest BCUT2D eigenvalue weighted by Crippen LogP contribution is -2.34. The number of carbonyl (C=O) groups excluding carboxylic acids is 3. The first-order valence-corrected chi connectivity index (χ1v) is 8.88. The first-order chi connectivity index (χ1) is 11.1. The molecule has 1 heterocycles. The smallest absolute Gasteiger partial charge is 0.224 e. The maximum Gasteiger partial charge on any atom is 0.224 e. The maximum absolute atomic E-state index is 11.8. The van der Waals surface area contributed by atoms with Crippen LogP contribution in [-0.4, -0.2) is 29.7 Å². The van der Waals surface area contributed by atoms with Crippen molar-refractivity contribution in [3.05, 3.63) is 11.8 Å². The van der Waals surface area contributed by atoms with Gasteiger partial charge in [-0.3, -0.25) is 14.4 Å². The van der Waals surface area contributed by atoms with Gasteiger partial charge in [-0.15, -0.1) is 0 Å². The number of carbonyl (C=O) groups is 3. The number of unbranched alkanes of at least 4 members (excludes halogenated alkanes) is 8. The van der Waals surface area contributed by atoms with Crippen LogP contribution in [0.15, 0.2) is 11.8 Å². The van der Waals surface area contributed by atoms with Crippen LogP contribution >= 0.6 is 0 Å². The van der Waals surface area contributed by atoms with Crippen LogP contribution < -0.4 is 5.32 Å². The van der Waals surface area contributed by atoms with E-state index in [2.05, 4.69) is 12.2 Å². The van der Waals surface area contributed by atoms with Crippen LogP contribution in [0.3, 0.4) is 0 Å². The summed E-state index contributed by atoms with van der Waals surface area (Å²) in [5.41, 5.74) is 0.0923. The second kappa shape index (κ2) is 8.96. The normalized spacial score (nSPS) is 22.6. The minimum absolute atomic E-state index is 0.0923. The molecular formula is C18H27NO4. The minimum Gasteiger partial charge on any atom is -0.352 e. The maximum atomic E-state index is 11.8. The number of ether oxygens (including phenoxy) is 1. The molecule has 0 aromatic rings. The van der Waals surface area contributed by atoms with E-state index in [0.29, 0.717) is 6.42 Å². The van der Waals surface area contributed by atoms with Crippen LogP contribution in [0.25, 0.3) is 0 Å². The highest BCUT2D eigenvalue weighted by Crippen LogP contribution is 2.30. The predicted molar refractivity (Wildman–Crippen MR) is 86.7 cm³/mol. The number of ketones is 2. The third-order valence-corrected chi connectivity index (χ3v) is 4.36. The number of Topliss-reactive ketones (excluding diaryl/α,β-unsaturated/α-hetero) is 1. The number of epoxide rings is 1. The highest BCUT2D eigenvalue weighted by atomic mass is 16.6. The molecule has 1 saturated heterocycles. The lowest BCUT2D eigenvalue weighted by atomic mass is 10.0. The van der Waals surface area contributed by atoms with Gasteiger partial charge in [0.05, 0.1) is 5.70 Å². The van der Waals surface area contributed by atoms with Gasteiger partial charge in [-0.25, -0.2) is 0 Å². The largest absolute Gasteiger partial charge is 0.352 e. The lowest BCUT2D eigenvalue weighted by Gasteiger charge is -2.10. The molecule has 128 valence electrons. The predicted octanol–water partition coefficient (Wildman–Crippen LogP) is 2.83. The van der Waals surface area contributed by atoms with E-state index in [1.807, 2.05) is 0 Å². The summed E-state index contributed by atoms with van der Waals surface area (Å²) in [5.74, 6) is -0.706. The van der Waals surface area contributed by atoms with Crippen LogP contribution in [0.1, 0.15) is 71.1 Å². The second-order valence-corrected chi connectivity index (χ2v) is 6.43. The van der Waals surface area contributed by atoms with E-state index in [1.165, 1.54) is 44.6 Å². The molecule has 2 rings (SSSR count). The van der Waals surface area contributed by atoms with Crippen LogP contribution in [0.2, 0.25) is 0 Å². The van der Waals surface area contributed by atoms with Crippen LogP contribution in [0.5, 0.6) is 0 Å². The van der Waals surface area contributed by atoms with Crippen molar-refractivity contribution < 1.29 is 19.1 Å². The molecule has 0 radical (unpaired) electrons. The fourth-order valence-corrected chi connectivity index (χ4v) is 2.88. The zero-order chi connectivity index (χ0) is 16.7. The molecule has 0 aromatic carbocycles. The summed E-state index contributed by atoms with van der Waals surface area (Å²) in [6, 6.07) is 0. The molecule has 0 saturated carbocycles. The van der Waals surface area contributed by atoms with Crippen molar-refractivity contribution in [3.63, 3.8) is 0 Å². The van der Waals surface area contributed by atoms with Gasteiger partial charge in [0.25, 0.3) is 0 Å². The lowest BCUT2D eigenvalue weighted by molar-refractivity contribution is -0.124. The van der Waals surface area contributed by atoms with Gasteiger partial charge in [-0.05, 0) is 6.42 Å². The Labute approximate surface area is 137 Å².